The number of nitrogens with one attached hydrogen (secondary N) is 1. The van der Waals surface area contributed by atoms with Crippen molar-refractivity contribution in [2.45, 2.75) is 37.8 Å². The van der Waals surface area contributed by atoms with Crippen LogP contribution in [-0.2, 0) is 0 Å². The topological polar surface area (TPSA) is 55.1 Å². The fraction of sp³-hybridized carbons (Fsp3) is 0.545. The zero-order chi connectivity index (χ0) is 10.7. The smallest absolute Gasteiger partial charge is 0.261 e. The first-order valence-electron chi connectivity index (χ1n) is 5.28. The quantitative estimate of drug-likeness (QED) is 0.799. The molecule has 1 heterocycles. The second-order valence-electron chi connectivity index (χ2n) is 3.94. The molecule has 0 aliphatic heterocycles. The van der Waals surface area contributed by atoms with Gasteiger partial charge in [0, 0.05) is 12.1 Å². The van der Waals surface area contributed by atoms with Crippen molar-refractivity contribution in [2.24, 2.45) is 5.73 Å². The van der Waals surface area contributed by atoms with Crippen LogP contribution in [0.15, 0.2) is 11.4 Å². The lowest BCUT2D eigenvalue weighted by Crippen LogP contribution is -2.49. The Balaban J connectivity index is 1.93. The van der Waals surface area contributed by atoms with E-state index in [2.05, 4.69) is 11.4 Å². The monoisotopic (exact) mass is 223 g/mol. The Bertz CT molecular complexity index is 323. The Morgan fingerprint density at radius 3 is 3.00 bits per heavy atom. The third-order valence-corrected chi connectivity index (χ3v) is 3.64. The summed E-state index contributed by atoms with van der Waals surface area (Å²) in [5, 5.41) is 4.78. The van der Waals surface area contributed by atoms with Gasteiger partial charge < -0.3 is 11.1 Å². The first-order valence-corrected chi connectivity index (χ1v) is 6.16. The molecule has 0 bridgehead atoms. The van der Waals surface area contributed by atoms with Crippen LogP contribution in [0.4, 0.5) is 0 Å². The summed E-state index contributed by atoms with van der Waals surface area (Å²) >= 11 is 1.41. The highest BCUT2D eigenvalue weighted by molar-refractivity contribution is 7.12. The summed E-state index contributed by atoms with van der Waals surface area (Å²) < 4.78 is 0. The maximum atomic E-state index is 11.7. The first kappa shape index (κ1) is 10.6. The zero-order valence-corrected chi connectivity index (χ0v) is 9.35. The van der Waals surface area contributed by atoms with Crippen molar-refractivity contribution in [2.75, 3.05) is 0 Å². The molecule has 0 aromatic carbocycles. The van der Waals surface area contributed by atoms with Crippen molar-refractivity contribution >= 4 is 17.2 Å². The molecule has 15 heavy (non-hydrogen) atoms. The van der Waals surface area contributed by atoms with E-state index in [4.69, 9.17) is 5.73 Å². The van der Waals surface area contributed by atoms with Crippen LogP contribution in [0.2, 0.25) is 0 Å². The van der Waals surface area contributed by atoms with Gasteiger partial charge in [0.05, 0.1) is 4.88 Å². The lowest BCUT2D eigenvalue weighted by molar-refractivity contribution is 0.0925. The van der Waals surface area contributed by atoms with Gasteiger partial charge in [0.1, 0.15) is 0 Å². The predicted octanol–water partition coefficient (Wildman–Crippen LogP) is 1.55. The number of hydrogen-bond donors (Lipinski definition) is 2. The van der Waals surface area contributed by atoms with E-state index in [1.807, 2.05) is 0 Å². The summed E-state index contributed by atoms with van der Waals surface area (Å²) in [7, 11) is 0. The van der Waals surface area contributed by atoms with E-state index in [0.717, 1.165) is 19.3 Å². The molecule has 81 valence electrons. The van der Waals surface area contributed by atoms with Gasteiger partial charge in [-0.15, -0.1) is 11.3 Å². The fourth-order valence-electron chi connectivity index (χ4n) is 1.94. The molecule has 3 nitrogen and oxygen atoms in total. The van der Waals surface area contributed by atoms with Gasteiger partial charge >= 0.3 is 0 Å². The summed E-state index contributed by atoms with van der Waals surface area (Å²) in [5.41, 5.74) is 5.96. The highest BCUT2D eigenvalue weighted by Crippen LogP contribution is 2.18. The average molecular weight is 223 g/mol. The Kier molecular flexibility index (Phi) is 3.38. The first-order chi connectivity index (χ1) is 7.27. The van der Waals surface area contributed by atoms with E-state index in [0.29, 0.717) is 4.88 Å². The molecule has 1 saturated carbocycles. The van der Waals surface area contributed by atoms with Gasteiger partial charge in [0.2, 0.25) is 0 Å². The number of thiophene rings is 1. The minimum absolute atomic E-state index is 0.0106. The normalized spacial score (nSPS) is 26.2. The van der Waals surface area contributed by atoms with E-state index >= 15 is 0 Å². The third kappa shape index (κ3) is 2.58. The molecule has 2 rings (SSSR count). The molecule has 0 unspecified atom stereocenters. The van der Waals surface area contributed by atoms with Crippen LogP contribution in [-0.4, -0.2) is 18.0 Å². The maximum Gasteiger partial charge on any atom is 0.261 e. The predicted molar refractivity (Wildman–Crippen MR) is 60.9 cm³/mol. The van der Waals surface area contributed by atoms with Crippen LogP contribution >= 0.6 is 11.3 Å². The fourth-order valence-corrected chi connectivity index (χ4v) is 2.50. The minimum atomic E-state index is -0.0106. The lowest BCUT2D eigenvalue weighted by Gasteiger charge is -2.29. The largest absolute Gasteiger partial charge is 0.347 e. The number of amides is 1. The lowest BCUT2D eigenvalue weighted by atomic mass is 9.91. The van der Waals surface area contributed by atoms with Crippen molar-refractivity contribution in [3.8, 4) is 0 Å². The van der Waals surface area contributed by atoms with Gasteiger partial charge in [-0.2, -0.15) is 0 Å². The highest BCUT2D eigenvalue weighted by atomic mass is 32.1. The Labute approximate surface area is 93.7 Å². The SMILES string of the molecule is N[C@H]1CCCC[C@@H]1NC(=O)c1c[c]cs1. The van der Waals surface area contributed by atoms with Crippen LogP contribution in [0.25, 0.3) is 0 Å². The Morgan fingerprint density at radius 2 is 2.33 bits per heavy atom. The number of nitrogens with two attached hydrogens (primary N) is 1. The summed E-state index contributed by atoms with van der Waals surface area (Å²) in [6.45, 7) is 0. The van der Waals surface area contributed by atoms with Crippen LogP contribution < -0.4 is 11.1 Å². The van der Waals surface area contributed by atoms with Gasteiger partial charge in [-0.25, -0.2) is 0 Å². The third-order valence-electron chi connectivity index (χ3n) is 2.83. The van der Waals surface area contributed by atoms with E-state index in [-0.39, 0.29) is 18.0 Å². The zero-order valence-electron chi connectivity index (χ0n) is 8.53. The average Bonchev–Trinajstić information content (AvgIpc) is 2.74. The van der Waals surface area contributed by atoms with Crippen LogP contribution in [0.1, 0.15) is 35.4 Å². The van der Waals surface area contributed by atoms with Crippen molar-refractivity contribution < 1.29 is 4.79 Å². The van der Waals surface area contributed by atoms with E-state index < -0.39 is 0 Å². The van der Waals surface area contributed by atoms with E-state index in [1.165, 1.54) is 17.8 Å². The van der Waals surface area contributed by atoms with Gasteiger partial charge in [-0.3, -0.25) is 4.79 Å². The highest BCUT2D eigenvalue weighted by Gasteiger charge is 2.23. The van der Waals surface area contributed by atoms with E-state index in [9.17, 15) is 4.79 Å². The minimum Gasteiger partial charge on any atom is -0.347 e. The van der Waals surface area contributed by atoms with Gasteiger partial charge in [-0.1, -0.05) is 12.8 Å². The van der Waals surface area contributed by atoms with Gasteiger partial charge in [0.25, 0.3) is 5.91 Å². The van der Waals surface area contributed by atoms with E-state index in [1.54, 1.807) is 11.4 Å². The number of rotatable bonds is 2. The molecule has 1 aromatic rings. The summed E-state index contributed by atoms with van der Waals surface area (Å²) in [6.07, 6.45) is 4.36. The Morgan fingerprint density at radius 1 is 1.53 bits per heavy atom. The van der Waals surface area contributed by atoms with Gasteiger partial charge in [0.15, 0.2) is 0 Å². The molecule has 2 atom stereocenters. The molecular formula is C11H15N2OS. The maximum absolute atomic E-state index is 11.7. The number of carbonyl (C=O) groups is 1. The second kappa shape index (κ2) is 4.77. The molecular weight excluding hydrogens is 208 g/mol. The van der Waals surface area contributed by atoms with Crippen molar-refractivity contribution in [1.82, 2.24) is 5.32 Å². The van der Waals surface area contributed by atoms with Crippen molar-refractivity contribution in [3.05, 3.63) is 22.4 Å². The number of carbonyl (C=O) groups excluding carboxylic acids is 1. The summed E-state index contributed by atoms with van der Waals surface area (Å²) in [5.74, 6) is -0.0106. The summed E-state index contributed by atoms with van der Waals surface area (Å²) in [6, 6.07) is 4.87. The molecule has 1 aliphatic rings. The molecule has 1 radical (unpaired) electrons. The molecule has 3 N–H and O–H groups in total. The van der Waals surface area contributed by atoms with Crippen molar-refractivity contribution in [1.29, 1.82) is 0 Å². The molecule has 0 spiro atoms. The standard InChI is InChI=1S/C11H15N2OS/c12-8-4-1-2-5-9(8)13-11(14)10-6-3-7-15-10/h6-9H,1-2,4-5,12H2,(H,13,14)/t8-,9-/m0/s1. The molecule has 1 aliphatic carbocycles. The molecule has 0 saturated heterocycles. The molecule has 1 aromatic heterocycles. The molecule has 1 amide bonds. The van der Waals surface area contributed by atoms with Crippen molar-refractivity contribution in [3.63, 3.8) is 0 Å². The molecule has 4 heteroatoms. The molecule has 1 fully saturated rings. The van der Waals surface area contributed by atoms with Crippen LogP contribution in [0.3, 0.4) is 0 Å². The van der Waals surface area contributed by atoms with Crippen LogP contribution in [0, 0.1) is 6.07 Å². The second-order valence-corrected chi connectivity index (χ2v) is 4.85. The number of hydrogen-bond acceptors (Lipinski definition) is 3. The Hall–Kier alpha value is -0.870. The van der Waals surface area contributed by atoms with Gasteiger partial charge in [-0.05, 0) is 30.4 Å². The van der Waals surface area contributed by atoms with Crippen LogP contribution in [0.5, 0.6) is 0 Å². The summed E-state index contributed by atoms with van der Waals surface area (Å²) in [4.78, 5) is 12.5.